The summed E-state index contributed by atoms with van der Waals surface area (Å²) < 4.78 is 13.4. The third kappa shape index (κ3) is 5.53. The average molecular weight is 407 g/mol. The van der Waals surface area contributed by atoms with Gasteiger partial charge in [-0.1, -0.05) is 35.3 Å². The molecule has 1 heterocycles. The van der Waals surface area contributed by atoms with E-state index in [4.69, 9.17) is 28.9 Å². The molecule has 7 heteroatoms. The minimum absolute atomic E-state index is 0.0203. The number of nitrogens with two attached hydrogens (primary N) is 1. The maximum atomic E-state index is 13.4. The van der Waals surface area contributed by atoms with Gasteiger partial charge in [0, 0.05) is 47.5 Å². The minimum atomic E-state index is -0.255. The van der Waals surface area contributed by atoms with Crippen molar-refractivity contribution < 1.29 is 4.39 Å². The molecule has 2 atom stereocenters. The summed E-state index contributed by atoms with van der Waals surface area (Å²) in [5.74, 6) is 0.552. The number of H-pyrrole nitrogens is 1. The number of aromatic amines is 1. The highest BCUT2D eigenvalue weighted by Crippen LogP contribution is 2.26. The highest BCUT2D eigenvalue weighted by atomic mass is 35.5. The van der Waals surface area contributed by atoms with Crippen molar-refractivity contribution in [3.63, 3.8) is 0 Å². The summed E-state index contributed by atoms with van der Waals surface area (Å²) in [5, 5.41) is 4.61. The Morgan fingerprint density at radius 1 is 1.11 bits per heavy atom. The van der Waals surface area contributed by atoms with Crippen molar-refractivity contribution in [1.82, 2.24) is 15.3 Å². The number of benzene rings is 2. The molecule has 0 radical (unpaired) electrons. The lowest BCUT2D eigenvalue weighted by Crippen LogP contribution is -2.42. The van der Waals surface area contributed by atoms with E-state index in [2.05, 4.69) is 15.3 Å². The zero-order valence-corrected chi connectivity index (χ0v) is 16.1. The molecule has 0 spiro atoms. The molecule has 0 amide bonds. The fraction of sp³-hybridized carbons (Fsp3) is 0.250. The van der Waals surface area contributed by atoms with E-state index in [-0.39, 0.29) is 17.8 Å². The predicted octanol–water partition coefficient (Wildman–Crippen LogP) is 4.30. The standard InChI is InChI=1S/C20H21Cl2FN4/c21-15-6-14(7-16(22)10-15)9-18(20-25-4-5-26-20)19(11-24)27-12-13-2-1-3-17(23)8-13/h1-8,10,18-19,27H,9,11-12,24H2,(H,25,26). The normalized spacial score (nSPS) is 13.5. The predicted molar refractivity (Wildman–Crippen MR) is 108 cm³/mol. The lowest BCUT2D eigenvalue weighted by atomic mass is 9.91. The number of aromatic nitrogens is 2. The van der Waals surface area contributed by atoms with Crippen molar-refractivity contribution in [3.05, 3.63) is 87.7 Å². The molecule has 4 nitrogen and oxygen atoms in total. The van der Waals surface area contributed by atoms with Crippen LogP contribution in [0.4, 0.5) is 4.39 Å². The molecule has 1 aromatic heterocycles. The maximum Gasteiger partial charge on any atom is 0.123 e. The van der Waals surface area contributed by atoms with Crippen LogP contribution < -0.4 is 11.1 Å². The SMILES string of the molecule is NCC(NCc1cccc(F)c1)C(Cc1cc(Cl)cc(Cl)c1)c1ncc[nH]1. The van der Waals surface area contributed by atoms with Gasteiger partial charge >= 0.3 is 0 Å². The van der Waals surface area contributed by atoms with E-state index in [1.54, 1.807) is 24.5 Å². The van der Waals surface area contributed by atoms with Crippen molar-refractivity contribution in [3.8, 4) is 0 Å². The van der Waals surface area contributed by atoms with Crippen LogP contribution in [0.1, 0.15) is 22.9 Å². The molecule has 0 saturated heterocycles. The van der Waals surface area contributed by atoms with Crippen molar-refractivity contribution in [2.45, 2.75) is 24.9 Å². The Morgan fingerprint density at radius 2 is 1.89 bits per heavy atom. The Morgan fingerprint density at radius 3 is 2.52 bits per heavy atom. The quantitative estimate of drug-likeness (QED) is 0.522. The molecule has 0 bridgehead atoms. The van der Waals surface area contributed by atoms with Crippen molar-refractivity contribution in [2.24, 2.45) is 5.73 Å². The van der Waals surface area contributed by atoms with E-state index in [1.165, 1.54) is 12.1 Å². The van der Waals surface area contributed by atoms with E-state index < -0.39 is 0 Å². The fourth-order valence-electron chi connectivity index (χ4n) is 3.18. The molecule has 4 N–H and O–H groups in total. The number of rotatable bonds is 8. The van der Waals surface area contributed by atoms with Gasteiger partial charge in [0.2, 0.25) is 0 Å². The molecule has 0 aliphatic heterocycles. The van der Waals surface area contributed by atoms with Crippen LogP contribution >= 0.6 is 23.2 Å². The van der Waals surface area contributed by atoms with Gasteiger partial charge in [-0.25, -0.2) is 9.37 Å². The molecule has 142 valence electrons. The molecule has 0 saturated carbocycles. The summed E-state index contributed by atoms with van der Waals surface area (Å²) in [7, 11) is 0. The second-order valence-electron chi connectivity index (χ2n) is 6.42. The molecule has 27 heavy (non-hydrogen) atoms. The fourth-order valence-corrected chi connectivity index (χ4v) is 3.75. The highest BCUT2D eigenvalue weighted by molar-refractivity contribution is 6.34. The second kappa shape index (κ2) is 9.33. The van der Waals surface area contributed by atoms with Gasteiger partial charge < -0.3 is 16.0 Å². The van der Waals surface area contributed by atoms with Gasteiger partial charge in [-0.15, -0.1) is 0 Å². The molecular formula is C20H21Cl2FN4. The van der Waals surface area contributed by atoms with Crippen molar-refractivity contribution in [2.75, 3.05) is 6.54 Å². The summed E-state index contributed by atoms with van der Waals surface area (Å²) in [4.78, 5) is 7.59. The highest BCUT2D eigenvalue weighted by Gasteiger charge is 2.24. The maximum absolute atomic E-state index is 13.4. The summed E-state index contributed by atoms with van der Waals surface area (Å²) in [5.41, 5.74) is 7.92. The van der Waals surface area contributed by atoms with Gasteiger partial charge in [-0.2, -0.15) is 0 Å². The van der Waals surface area contributed by atoms with Crippen LogP contribution in [-0.4, -0.2) is 22.6 Å². The van der Waals surface area contributed by atoms with Gasteiger partial charge in [0.25, 0.3) is 0 Å². The van der Waals surface area contributed by atoms with E-state index >= 15 is 0 Å². The third-order valence-electron chi connectivity index (χ3n) is 4.45. The van der Waals surface area contributed by atoms with E-state index in [1.807, 2.05) is 18.2 Å². The topological polar surface area (TPSA) is 66.7 Å². The largest absolute Gasteiger partial charge is 0.348 e. The smallest absolute Gasteiger partial charge is 0.123 e. The Hall–Kier alpha value is -1.92. The first-order valence-electron chi connectivity index (χ1n) is 8.67. The number of nitrogens with zero attached hydrogens (tertiary/aromatic N) is 1. The summed E-state index contributed by atoms with van der Waals surface area (Å²) in [6.07, 6.45) is 4.16. The van der Waals surface area contributed by atoms with Gasteiger partial charge in [-0.05, 0) is 47.9 Å². The molecule has 0 aliphatic carbocycles. The number of hydrogen-bond acceptors (Lipinski definition) is 3. The first-order valence-corrected chi connectivity index (χ1v) is 9.43. The van der Waals surface area contributed by atoms with Crippen LogP contribution in [0.2, 0.25) is 10.0 Å². The molecule has 3 aromatic rings. The van der Waals surface area contributed by atoms with E-state index in [0.29, 0.717) is 29.6 Å². The number of halogens is 3. The zero-order chi connectivity index (χ0) is 19.2. The Kier molecular flexibility index (Phi) is 6.85. The first-order chi connectivity index (χ1) is 13.0. The lowest BCUT2D eigenvalue weighted by Gasteiger charge is -2.26. The van der Waals surface area contributed by atoms with Crippen LogP contribution in [0.25, 0.3) is 0 Å². The lowest BCUT2D eigenvalue weighted by molar-refractivity contribution is 0.421. The minimum Gasteiger partial charge on any atom is -0.348 e. The van der Waals surface area contributed by atoms with Gasteiger partial charge in [-0.3, -0.25) is 0 Å². The number of nitrogens with one attached hydrogen (secondary N) is 2. The molecule has 2 aromatic carbocycles. The molecule has 0 aliphatic rings. The summed E-state index contributed by atoms with van der Waals surface area (Å²) >= 11 is 12.3. The van der Waals surface area contributed by atoms with Crippen molar-refractivity contribution >= 4 is 23.2 Å². The Balaban J connectivity index is 1.80. The van der Waals surface area contributed by atoms with E-state index in [9.17, 15) is 4.39 Å². The van der Waals surface area contributed by atoms with E-state index in [0.717, 1.165) is 17.0 Å². The Bertz CT molecular complexity index is 850. The molecular weight excluding hydrogens is 386 g/mol. The van der Waals surface area contributed by atoms with Crippen LogP contribution in [0.15, 0.2) is 54.9 Å². The number of imidazole rings is 1. The van der Waals surface area contributed by atoms with Crippen molar-refractivity contribution in [1.29, 1.82) is 0 Å². The first kappa shape index (κ1) is 19.8. The summed E-state index contributed by atoms with van der Waals surface area (Å²) in [6.45, 7) is 0.905. The van der Waals surface area contributed by atoms with Crippen LogP contribution in [-0.2, 0) is 13.0 Å². The monoisotopic (exact) mass is 406 g/mol. The van der Waals surface area contributed by atoms with Crippen LogP contribution in [0.3, 0.4) is 0 Å². The van der Waals surface area contributed by atoms with Gasteiger partial charge in [0.1, 0.15) is 11.6 Å². The molecule has 3 rings (SSSR count). The van der Waals surface area contributed by atoms with Crippen LogP contribution in [0.5, 0.6) is 0 Å². The summed E-state index contributed by atoms with van der Waals surface area (Å²) in [6, 6.07) is 11.9. The zero-order valence-electron chi connectivity index (χ0n) is 14.6. The van der Waals surface area contributed by atoms with Gasteiger partial charge in [0.15, 0.2) is 0 Å². The molecule has 2 unspecified atom stereocenters. The second-order valence-corrected chi connectivity index (χ2v) is 7.29. The average Bonchev–Trinajstić information content (AvgIpc) is 3.15. The number of hydrogen-bond donors (Lipinski definition) is 3. The molecule has 0 fully saturated rings. The van der Waals surface area contributed by atoms with Gasteiger partial charge in [0.05, 0.1) is 0 Å². The third-order valence-corrected chi connectivity index (χ3v) is 4.88. The van der Waals surface area contributed by atoms with Crippen LogP contribution in [0, 0.1) is 5.82 Å². The Labute approximate surface area is 167 Å².